The van der Waals surface area contributed by atoms with Crippen molar-refractivity contribution in [2.24, 2.45) is 7.05 Å². The molecule has 0 atom stereocenters. The maximum atomic E-state index is 6.12. The van der Waals surface area contributed by atoms with Crippen LogP contribution in [-0.2, 0) is 13.7 Å². The zero-order valence-corrected chi connectivity index (χ0v) is 12.3. The molecule has 0 spiro atoms. The van der Waals surface area contributed by atoms with E-state index >= 15 is 0 Å². The first-order chi connectivity index (χ1) is 10.2. The summed E-state index contributed by atoms with van der Waals surface area (Å²) in [4.78, 5) is 8.61. The summed E-state index contributed by atoms with van der Waals surface area (Å²) in [5.74, 6) is 1.99. The fourth-order valence-corrected chi connectivity index (χ4v) is 2.15. The third-order valence-electron chi connectivity index (χ3n) is 3.02. The molecule has 0 amide bonds. The second-order valence-electron chi connectivity index (χ2n) is 4.40. The lowest BCUT2D eigenvalue weighted by Crippen LogP contribution is -2.03. The Morgan fingerprint density at radius 3 is 2.57 bits per heavy atom. The van der Waals surface area contributed by atoms with Crippen LogP contribution in [0.5, 0.6) is 11.5 Å². The highest BCUT2D eigenvalue weighted by Crippen LogP contribution is 2.21. The van der Waals surface area contributed by atoms with Crippen molar-refractivity contribution in [2.75, 3.05) is 7.11 Å². The molecule has 3 rings (SSSR count). The van der Waals surface area contributed by atoms with Crippen LogP contribution < -0.4 is 9.47 Å². The Balaban J connectivity index is 1.79. The minimum Gasteiger partial charge on any atom is -0.497 e. The van der Waals surface area contributed by atoms with Crippen molar-refractivity contribution in [3.63, 3.8) is 0 Å². The second kappa shape index (κ2) is 5.57. The molecule has 1 aromatic carbocycles. The minimum absolute atomic E-state index is 0.229. The summed E-state index contributed by atoms with van der Waals surface area (Å²) in [6.07, 6.45) is 1.64. The van der Waals surface area contributed by atoms with Crippen LogP contribution in [0.3, 0.4) is 0 Å². The maximum Gasteiger partial charge on any atom is 0.170 e. The maximum absolute atomic E-state index is 6.12. The number of aryl methyl sites for hydroxylation is 1. The molecule has 0 saturated heterocycles. The van der Waals surface area contributed by atoms with E-state index in [1.54, 1.807) is 25.0 Å². The Morgan fingerprint density at radius 1 is 1.14 bits per heavy atom. The highest BCUT2D eigenvalue weighted by molar-refractivity contribution is 6.33. The highest BCUT2D eigenvalue weighted by atomic mass is 35.5. The van der Waals surface area contributed by atoms with Gasteiger partial charge in [0.05, 0.1) is 18.7 Å². The molecule has 0 unspecified atom stereocenters. The first-order valence-corrected chi connectivity index (χ1v) is 6.66. The van der Waals surface area contributed by atoms with Gasteiger partial charge in [-0.05, 0) is 24.3 Å². The van der Waals surface area contributed by atoms with Crippen molar-refractivity contribution in [1.82, 2.24) is 19.7 Å². The summed E-state index contributed by atoms with van der Waals surface area (Å²) < 4.78 is 12.4. The van der Waals surface area contributed by atoms with Gasteiger partial charge in [-0.25, -0.2) is 9.97 Å². The van der Waals surface area contributed by atoms with E-state index in [9.17, 15) is 0 Å². The van der Waals surface area contributed by atoms with Crippen molar-refractivity contribution in [3.8, 4) is 11.5 Å². The van der Waals surface area contributed by atoms with Gasteiger partial charge < -0.3 is 9.47 Å². The van der Waals surface area contributed by atoms with Gasteiger partial charge in [-0.3, -0.25) is 4.68 Å². The van der Waals surface area contributed by atoms with Crippen LogP contribution in [0.4, 0.5) is 0 Å². The topological polar surface area (TPSA) is 62.1 Å². The molecule has 0 bridgehead atoms. The van der Waals surface area contributed by atoms with Gasteiger partial charge in [0.2, 0.25) is 0 Å². The van der Waals surface area contributed by atoms with Crippen LogP contribution in [-0.4, -0.2) is 26.9 Å². The van der Waals surface area contributed by atoms with E-state index in [0.717, 1.165) is 11.1 Å². The summed E-state index contributed by atoms with van der Waals surface area (Å²) in [5.41, 5.74) is 0.684. The van der Waals surface area contributed by atoms with Crippen LogP contribution in [0.25, 0.3) is 11.0 Å². The lowest BCUT2D eigenvalue weighted by molar-refractivity contribution is 0.295. The molecule has 0 fully saturated rings. The molecule has 6 nitrogen and oxygen atoms in total. The SMILES string of the molecule is COc1ccc(OCc2nc(Cl)c3cnn(C)c3n2)cc1. The normalized spacial score (nSPS) is 10.8. The minimum atomic E-state index is 0.229. The lowest BCUT2D eigenvalue weighted by Gasteiger charge is -2.07. The Labute approximate surface area is 126 Å². The molecule has 21 heavy (non-hydrogen) atoms. The molecule has 0 aliphatic rings. The largest absolute Gasteiger partial charge is 0.497 e. The van der Waals surface area contributed by atoms with Gasteiger partial charge in [0.25, 0.3) is 0 Å². The predicted molar refractivity (Wildman–Crippen MR) is 78.6 cm³/mol. The molecule has 0 aliphatic heterocycles. The second-order valence-corrected chi connectivity index (χ2v) is 4.76. The third kappa shape index (κ3) is 2.75. The van der Waals surface area contributed by atoms with Crippen LogP contribution in [0.15, 0.2) is 30.5 Å². The molecule has 108 valence electrons. The standard InChI is InChI=1S/C14H13ClN4O2/c1-19-14-11(7-16-19)13(15)17-12(18-14)8-21-10-5-3-9(20-2)4-6-10/h3-7H,8H2,1-2H3. The summed E-state index contributed by atoms with van der Waals surface area (Å²) in [6, 6.07) is 7.30. The number of ether oxygens (including phenoxy) is 2. The number of halogens is 1. The van der Waals surface area contributed by atoms with Crippen LogP contribution in [0, 0.1) is 0 Å². The van der Waals surface area contributed by atoms with E-state index in [4.69, 9.17) is 21.1 Å². The van der Waals surface area contributed by atoms with Crippen LogP contribution in [0.2, 0.25) is 5.15 Å². The number of aromatic nitrogens is 4. The zero-order valence-electron chi connectivity index (χ0n) is 11.6. The number of nitrogens with zero attached hydrogens (tertiary/aromatic N) is 4. The molecule has 0 aliphatic carbocycles. The smallest absolute Gasteiger partial charge is 0.170 e. The third-order valence-corrected chi connectivity index (χ3v) is 3.31. The van der Waals surface area contributed by atoms with Crippen LogP contribution >= 0.6 is 11.6 Å². The van der Waals surface area contributed by atoms with Gasteiger partial charge >= 0.3 is 0 Å². The summed E-state index contributed by atoms with van der Waals surface area (Å²) >= 11 is 6.12. The number of hydrogen-bond acceptors (Lipinski definition) is 5. The predicted octanol–water partition coefficient (Wildman–Crippen LogP) is 2.60. The molecule has 2 heterocycles. The van der Waals surface area contributed by atoms with E-state index < -0.39 is 0 Å². The highest BCUT2D eigenvalue weighted by Gasteiger charge is 2.10. The average molecular weight is 305 g/mol. The Hall–Kier alpha value is -2.34. The van der Waals surface area contributed by atoms with E-state index in [1.165, 1.54) is 0 Å². The summed E-state index contributed by atoms with van der Waals surface area (Å²) in [6.45, 7) is 0.229. The van der Waals surface area contributed by atoms with Gasteiger partial charge in [-0.2, -0.15) is 5.10 Å². The fourth-order valence-electron chi connectivity index (χ4n) is 1.91. The van der Waals surface area contributed by atoms with E-state index in [2.05, 4.69) is 15.1 Å². The van der Waals surface area contributed by atoms with E-state index in [1.807, 2.05) is 24.3 Å². The van der Waals surface area contributed by atoms with Gasteiger partial charge in [0, 0.05) is 7.05 Å². The van der Waals surface area contributed by atoms with Crippen molar-refractivity contribution >= 4 is 22.6 Å². The number of methoxy groups -OCH3 is 1. The van der Waals surface area contributed by atoms with E-state index in [-0.39, 0.29) is 6.61 Å². The quantitative estimate of drug-likeness (QED) is 0.693. The molecule has 7 heteroatoms. The van der Waals surface area contributed by atoms with Crippen molar-refractivity contribution in [2.45, 2.75) is 6.61 Å². The Morgan fingerprint density at radius 2 is 1.86 bits per heavy atom. The van der Waals surface area contributed by atoms with Gasteiger partial charge in [-0.15, -0.1) is 0 Å². The molecular weight excluding hydrogens is 292 g/mol. The number of benzene rings is 1. The van der Waals surface area contributed by atoms with Crippen LogP contribution in [0.1, 0.15) is 5.82 Å². The molecular formula is C14H13ClN4O2. The Bertz CT molecular complexity index is 770. The van der Waals surface area contributed by atoms with Crippen molar-refractivity contribution < 1.29 is 9.47 Å². The summed E-state index contributed by atoms with van der Waals surface area (Å²) in [5, 5.41) is 5.22. The summed E-state index contributed by atoms with van der Waals surface area (Å²) in [7, 11) is 3.43. The number of fused-ring (bicyclic) bond motifs is 1. The fraction of sp³-hybridized carbons (Fsp3) is 0.214. The van der Waals surface area contributed by atoms with Gasteiger partial charge in [0.15, 0.2) is 11.5 Å². The monoisotopic (exact) mass is 304 g/mol. The molecule has 2 aromatic heterocycles. The molecule has 3 aromatic rings. The molecule has 0 saturated carbocycles. The van der Waals surface area contributed by atoms with Crippen molar-refractivity contribution in [3.05, 3.63) is 41.4 Å². The van der Waals surface area contributed by atoms with E-state index in [0.29, 0.717) is 22.4 Å². The zero-order chi connectivity index (χ0) is 14.8. The number of hydrogen-bond donors (Lipinski definition) is 0. The first-order valence-electron chi connectivity index (χ1n) is 6.28. The van der Waals surface area contributed by atoms with Crippen molar-refractivity contribution in [1.29, 1.82) is 0 Å². The lowest BCUT2D eigenvalue weighted by atomic mass is 10.3. The Kier molecular flexibility index (Phi) is 3.62. The van der Waals surface area contributed by atoms with Gasteiger partial charge in [-0.1, -0.05) is 11.6 Å². The number of rotatable bonds is 4. The molecule has 0 radical (unpaired) electrons. The molecule has 0 N–H and O–H groups in total. The average Bonchev–Trinajstić information content (AvgIpc) is 2.88. The first kappa shape index (κ1) is 13.6. The van der Waals surface area contributed by atoms with Gasteiger partial charge in [0.1, 0.15) is 23.3 Å².